The number of carbonyl (C=O) groups is 1. The van der Waals surface area contributed by atoms with Gasteiger partial charge in [-0.2, -0.15) is 4.31 Å². The zero-order valence-corrected chi connectivity index (χ0v) is 17.0. The number of hydrogen-bond donors (Lipinski definition) is 1. The average molecular weight is 403 g/mol. The summed E-state index contributed by atoms with van der Waals surface area (Å²) in [4.78, 5) is 13.1. The molecular weight excluding hydrogens is 376 g/mol. The van der Waals surface area contributed by atoms with Crippen molar-refractivity contribution in [3.63, 3.8) is 0 Å². The number of benzene rings is 2. The van der Waals surface area contributed by atoms with Gasteiger partial charge in [-0.1, -0.05) is 30.3 Å². The lowest BCUT2D eigenvalue weighted by molar-refractivity contribution is -0.132. The van der Waals surface area contributed by atoms with Gasteiger partial charge in [-0.05, 0) is 49.6 Å². The first kappa shape index (κ1) is 20.4. The van der Waals surface area contributed by atoms with Crippen LogP contribution in [0.4, 0.5) is 0 Å². The predicted molar refractivity (Wildman–Crippen MR) is 107 cm³/mol. The van der Waals surface area contributed by atoms with E-state index in [1.54, 1.807) is 37.4 Å². The highest BCUT2D eigenvalue weighted by atomic mass is 32.2. The number of sulfonamides is 1. The van der Waals surface area contributed by atoms with E-state index < -0.39 is 15.4 Å². The van der Waals surface area contributed by atoms with Crippen molar-refractivity contribution in [1.29, 1.82) is 0 Å². The maximum absolute atomic E-state index is 12.9. The minimum atomic E-state index is -3.60. The Balaban J connectivity index is 1.67. The van der Waals surface area contributed by atoms with E-state index in [2.05, 4.69) is 5.32 Å². The molecule has 1 fully saturated rings. The molecule has 150 valence electrons. The van der Waals surface area contributed by atoms with Crippen molar-refractivity contribution in [2.45, 2.75) is 31.2 Å². The Morgan fingerprint density at radius 3 is 2.46 bits per heavy atom. The fourth-order valence-electron chi connectivity index (χ4n) is 3.46. The van der Waals surface area contributed by atoms with Crippen LogP contribution in [0, 0.1) is 5.41 Å². The number of carbonyl (C=O) groups excluding carboxylic acids is 1. The molecule has 1 saturated heterocycles. The second-order valence-electron chi connectivity index (χ2n) is 7.35. The fraction of sp³-hybridized carbons (Fsp3) is 0.381. The molecule has 0 radical (unpaired) electrons. The molecule has 7 heteroatoms. The van der Waals surface area contributed by atoms with E-state index in [4.69, 9.17) is 4.74 Å². The van der Waals surface area contributed by atoms with Gasteiger partial charge in [0.2, 0.25) is 15.9 Å². The van der Waals surface area contributed by atoms with E-state index in [0.29, 0.717) is 25.9 Å². The Kier molecular flexibility index (Phi) is 6.05. The third-order valence-electron chi connectivity index (χ3n) is 5.20. The van der Waals surface area contributed by atoms with Crippen molar-refractivity contribution in [1.82, 2.24) is 9.62 Å². The molecule has 0 aromatic heterocycles. The Morgan fingerprint density at radius 2 is 1.82 bits per heavy atom. The monoisotopic (exact) mass is 402 g/mol. The number of nitrogens with zero attached hydrogens (tertiary/aromatic N) is 1. The van der Waals surface area contributed by atoms with Crippen LogP contribution in [0.25, 0.3) is 0 Å². The Hall–Kier alpha value is -2.38. The number of rotatable bonds is 6. The first-order valence-corrected chi connectivity index (χ1v) is 10.8. The summed E-state index contributed by atoms with van der Waals surface area (Å²) in [5.74, 6) is 0.632. The molecule has 1 amide bonds. The Bertz CT molecular complexity index is 913. The minimum absolute atomic E-state index is 0.128. The lowest BCUT2D eigenvalue weighted by atomic mass is 9.82. The summed E-state index contributed by atoms with van der Waals surface area (Å²) >= 11 is 0. The molecule has 0 saturated carbocycles. The topological polar surface area (TPSA) is 75.7 Å². The molecule has 2 aromatic carbocycles. The van der Waals surface area contributed by atoms with Crippen LogP contribution in [0.15, 0.2) is 59.5 Å². The van der Waals surface area contributed by atoms with Gasteiger partial charge in [-0.3, -0.25) is 4.79 Å². The van der Waals surface area contributed by atoms with Crippen LogP contribution in [-0.2, 0) is 21.4 Å². The molecule has 28 heavy (non-hydrogen) atoms. The van der Waals surface area contributed by atoms with Gasteiger partial charge in [0.05, 0.1) is 17.4 Å². The number of amides is 1. The van der Waals surface area contributed by atoms with E-state index in [0.717, 1.165) is 11.3 Å². The van der Waals surface area contributed by atoms with Crippen molar-refractivity contribution in [3.05, 3.63) is 60.2 Å². The zero-order chi connectivity index (χ0) is 20.2. The number of piperidine rings is 1. The Morgan fingerprint density at radius 1 is 1.14 bits per heavy atom. The molecule has 1 N–H and O–H groups in total. The largest absolute Gasteiger partial charge is 0.497 e. The molecule has 1 atom stereocenters. The van der Waals surface area contributed by atoms with Crippen LogP contribution in [-0.4, -0.2) is 38.8 Å². The van der Waals surface area contributed by atoms with Crippen LogP contribution >= 0.6 is 0 Å². The second kappa shape index (κ2) is 8.32. The van der Waals surface area contributed by atoms with Crippen molar-refractivity contribution in [2.24, 2.45) is 5.41 Å². The van der Waals surface area contributed by atoms with Gasteiger partial charge in [0, 0.05) is 19.6 Å². The molecule has 1 heterocycles. The fourth-order valence-corrected chi connectivity index (χ4v) is 5.09. The van der Waals surface area contributed by atoms with E-state index in [-0.39, 0.29) is 17.3 Å². The van der Waals surface area contributed by atoms with E-state index in [1.807, 2.05) is 31.2 Å². The summed E-state index contributed by atoms with van der Waals surface area (Å²) in [6, 6.07) is 15.9. The molecular formula is C21H26N2O4S. The maximum Gasteiger partial charge on any atom is 0.243 e. The van der Waals surface area contributed by atoms with Crippen LogP contribution in [0.5, 0.6) is 5.75 Å². The standard InChI is InChI=1S/C21H26N2O4S/c1-21(20(24)22-15-17-9-11-18(27-2)12-10-17)13-6-14-23(16-21)28(25,26)19-7-4-3-5-8-19/h3-5,7-12H,6,13-16H2,1-2H3,(H,22,24)/t21-/m0/s1. The molecule has 2 aromatic rings. The van der Waals surface area contributed by atoms with E-state index in [1.165, 1.54) is 4.31 Å². The summed E-state index contributed by atoms with van der Waals surface area (Å²) < 4.78 is 32.4. The van der Waals surface area contributed by atoms with Gasteiger partial charge in [-0.25, -0.2) is 8.42 Å². The highest BCUT2D eigenvalue weighted by molar-refractivity contribution is 7.89. The summed E-state index contributed by atoms with van der Waals surface area (Å²) in [6.07, 6.45) is 1.31. The molecule has 0 aliphatic carbocycles. The first-order valence-electron chi connectivity index (χ1n) is 9.32. The molecule has 6 nitrogen and oxygen atoms in total. The molecule has 0 spiro atoms. The number of nitrogens with one attached hydrogen (secondary N) is 1. The smallest absolute Gasteiger partial charge is 0.243 e. The molecule has 0 bridgehead atoms. The molecule has 1 aliphatic rings. The number of ether oxygens (including phenoxy) is 1. The van der Waals surface area contributed by atoms with Crippen LogP contribution in [0.3, 0.4) is 0 Å². The zero-order valence-electron chi connectivity index (χ0n) is 16.2. The van der Waals surface area contributed by atoms with Gasteiger partial charge < -0.3 is 10.1 Å². The number of hydrogen-bond acceptors (Lipinski definition) is 4. The van der Waals surface area contributed by atoms with Crippen LogP contribution < -0.4 is 10.1 Å². The van der Waals surface area contributed by atoms with E-state index in [9.17, 15) is 13.2 Å². The van der Waals surface area contributed by atoms with Crippen molar-refractivity contribution < 1.29 is 17.9 Å². The van der Waals surface area contributed by atoms with Crippen LogP contribution in [0.2, 0.25) is 0 Å². The van der Waals surface area contributed by atoms with Crippen molar-refractivity contribution in [2.75, 3.05) is 20.2 Å². The predicted octanol–water partition coefficient (Wildman–Crippen LogP) is 2.80. The van der Waals surface area contributed by atoms with Crippen molar-refractivity contribution >= 4 is 15.9 Å². The normalized spacial score (nSPS) is 20.5. The summed E-state index contributed by atoms with van der Waals surface area (Å²) in [5.41, 5.74) is 0.203. The molecule has 1 aliphatic heterocycles. The van der Waals surface area contributed by atoms with Gasteiger partial charge in [0.1, 0.15) is 5.75 Å². The summed E-state index contributed by atoms with van der Waals surface area (Å²) in [7, 11) is -1.99. The molecule has 0 unspecified atom stereocenters. The Labute approximate surface area is 166 Å². The SMILES string of the molecule is COc1ccc(CNC(=O)[C@@]2(C)CCCN(S(=O)(=O)c3ccccc3)C2)cc1. The first-order chi connectivity index (χ1) is 13.3. The third-order valence-corrected chi connectivity index (χ3v) is 7.06. The number of methoxy groups -OCH3 is 1. The third kappa shape index (κ3) is 4.36. The van der Waals surface area contributed by atoms with Crippen LogP contribution in [0.1, 0.15) is 25.3 Å². The lowest BCUT2D eigenvalue weighted by Crippen LogP contribution is -2.51. The second-order valence-corrected chi connectivity index (χ2v) is 9.28. The van der Waals surface area contributed by atoms with E-state index >= 15 is 0 Å². The summed E-state index contributed by atoms with van der Waals surface area (Å²) in [6.45, 7) is 2.84. The lowest BCUT2D eigenvalue weighted by Gasteiger charge is -2.38. The van der Waals surface area contributed by atoms with Gasteiger partial charge in [0.25, 0.3) is 0 Å². The van der Waals surface area contributed by atoms with Crippen molar-refractivity contribution in [3.8, 4) is 5.75 Å². The quantitative estimate of drug-likeness (QED) is 0.806. The highest BCUT2D eigenvalue weighted by Crippen LogP contribution is 2.33. The average Bonchev–Trinajstić information content (AvgIpc) is 2.73. The van der Waals surface area contributed by atoms with Gasteiger partial charge in [0.15, 0.2) is 0 Å². The van der Waals surface area contributed by atoms with Gasteiger partial charge in [-0.15, -0.1) is 0 Å². The molecule has 3 rings (SSSR count). The maximum atomic E-state index is 12.9. The highest BCUT2D eigenvalue weighted by Gasteiger charge is 2.41. The minimum Gasteiger partial charge on any atom is -0.497 e. The van der Waals surface area contributed by atoms with Gasteiger partial charge >= 0.3 is 0 Å². The summed E-state index contributed by atoms with van der Waals surface area (Å²) in [5, 5.41) is 2.96.